The van der Waals surface area contributed by atoms with Crippen LogP contribution in [0.3, 0.4) is 0 Å². The number of likely N-dealkylation sites (tertiary alicyclic amines) is 1. The minimum Gasteiger partial charge on any atom is -0.298 e. The fourth-order valence-electron chi connectivity index (χ4n) is 2.23. The summed E-state index contributed by atoms with van der Waals surface area (Å²) in [5, 5.41) is 8.57. The van der Waals surface area contributed by atoms with Crippen LogP contribution in [-0.2, 0) is 0 Å². The number of rotatable bonds is 2. The van der Waals surface area contributed by atoms with Gasteiger partial charge in [0.2, 0.25) is 0 Å². The van der Waals surface area contributed by atoms with Crippen molar-refractivity contribution < 1.29 is 0 Å². The van der Waals surface area contributed by atoms with Gasteiger partial charge in [-0.3, -0.25) is 9.88 Å². The van der Waals surface area contributed by atoms with Crippen LogP contribution in [0.1, 0.15) is 30.1 Å². The maximum atomic E-state index is 8.57. The maximum Gasteiger partial charge on any atom is 0.0912 e. The summed E-state index contributed by atoms with van der Waals surface area (Å²) in [5.41, 5.74) is 2.15. The molecule has 2 rings (SSSR count). The molecular formula is C13H15N3. The summed E-state index contributed by atoms with van der Waals surface area (Å²) in [6.45, 7) is 1.13. The Bertz CT molecular complexity index is 431. The monoisotopic (exact) mass is 213 g/mol. The third-order valence-corrected chi connectivity index (χ3v) is 3.04. The fourth-order valence-corrected chi connectivity index (χ4v) is 2.23. The smallest absolute Gasteiger partial charge is 0.0912 e. The highest BCUT2D eigenvalue weighted by molar-refractivity contribution is 5.54. The van der Waals surface area contributed by atoms with E-state index in [0.29, 0.717) is 6.04 Å². The van der Waals surface area contributed by atoms with Gasteiger partial charge in [-0.2, -0.15) is 5.26 Å². The number of hydrogen-bond acceptors (Lipinski definition) is 3. The molecule has 0 bridgehead atoms. The molecule has 82 valence electrons. The lowest BCUT2D eigenvalue weighted by Gasteiger charge is -2.20. The van der Waals surface area contributed by atoms with E-state index in [-0.39, 0.29) is 0 Å². The first-order chi connectivity index (χ1) is 7.83. The lowest BCUT2D eigenvalue weighted by molar-refractivity contribution is 0.311. The van der Waals surface area contributed by atoms with Crippen molar-refractivity contribution in [3.05, 3.63) is 35.7 Å². The zero-order chi connectivity index (χ0) is 11.4. The van der Waals surface area contributed by atoms with Crippen LogP contribution < -0.4 is 0 Å². The first-order valence-corrected chi connectivity index (χ1v) is 5.54. The van der Waals surface area contributed by atoms with Crippen molar-refractivity contribution in [1.82, 2.24) is 9.88 Å². The van der Waals surface area contributed by atoms with E-state index >= 15 is 0 Å². The molecule has 1 fully saturated rings. The molecule has 0 radical (unpaired) electrons. The topological polar surface area (TPSA) is 39.9 Å². The van der Waals surface area contributed by atoms with Crippen LogP contribution in [0.2, 0.25) is 0 Å². The van der Waals surface area contributed by atoms with Gasteiger partial charge in [-0.1, -0.05) is 6.07 Å². The Morgan fingerprint density at radius 1 is 1.62 bits per heavy atom. The maximum absolute atomic E-state index is 8.57. The summed E-state index contributed by atoms with van der Waals surface area (Å²) >= 11 is 0. The van der Waals surface area contributed by atoms with Crippen molar-refractivity contribution in [2.24, 2.45) is 0 Å². The molecule has 16 heavy (non-hydrogen) atoms. The van der Waals surface area contributed by atoms with Crippen LogP contribution in [0.25, 0.3) is 6.08 Å². The number of allylic oxidation sites excluding steroid dienone is 1. The molecule has 3 heteroatoms. The van der Waals surface area contributed by atoms with Crippen molar-refractivity contribution in [2.45, 2.75) is 18.9 Å². The number of nitriles is 1. The summed E-state index contributed by atoms with van der Waals surface area (Å²) in [5.74, 6) is 0. The van der Waals surface area contributed by atoms with E-state index in [4.69, 9.17) is 5.26 Å². The molecular weight excluding hydrogens is 198 g/mol. The Kier molecular flexibility index (Phi) is 3.33. The molecule has 0 unspecified atom stereocenters. The van der Waals surface area contributed by atoms with Gasteiger partial charge in [0.1, 0.15) is 0 Å². The average molecular weight is 213 g/mol. The zero-order valence-corrected chi connectivity index (χ0v) is 9.43. The van der Waals surface area contributed by atoms with Crippen LogP contribution in [0.15, 0.2) is 24.4 Å². The molecule has 1 aliphatic rings. The van der Waals surface area contributed by atoms with Crippen LogP contribution in [0.4, 0.5) is 0 Å². The Morgan fingerprint density at radius 3 is 3.19 bits per heavy atom. The molecule has 1 aromatic rings. The molecule has 0 N–H and O–H groups in total. The second-order valence-corrected chi connectivity index (χ2v) is 4.08. The van der Waals surface area contributed by atoms with E-state index in [1.165, 1.54) is 12.5 Å². The van der Waals surface area contributed by atoms with Crippen molar-refractivity contribution in [2.75, 3.05) is 13.6 Å². The van der Waals surface area contributed by atoms with E-state index in [1.54, 1.807) is 0 Å². The summed E-state index contributed by atoms with van der Waals surface area (Å²) in [6.07, 6.45) is 7.55. The highest BCUT2D eigenvalue weighted by Gasteiger charge is 2.24. The number of pyridine rings is 1. The molecule has 1 aromatic heterocycles. The van der Waals surface area contributed by atoms with Crippen molar-refractivity contribution in [1.29, 1.82) is 5.26 Å². The fraction of sp³-hybridized carbons (Fsp3) is 0.385. The van der Waals surface area contributed by atoms with Crippen LogP contribution >= 0.6 is 0 Å². The predicted molar refractivity (Wildman–Crippen MR) is 63.5 cm³/mol. The molecule has 0 aromatic carbocycles. The van der Waals surface area contributed by atoms with E-state index in [9.17, 15) is 0 Å². The van der Waals surface area contributed by atoms with Gasteiger partial charge in [0.25, 0.3) is 0 Å². The van der Waals surface area contributed by atoms with Gasteiger partial charge in [0, 0.05) is 12.3 Å². The van der Waals surface area contributed by atoms with E-state index in [0.717, 1.165) is 24.2 Å². The zero-order valence-electron chi connectivity index (χ0n) is 9.43. The van der Waals surface area contributed by atoms with Crippen molar-refractivity contribution in [3.8, 4) is 6.07 Å². The number of aromatic nitrogens is 1. The van der Waals surface area contributed by atoms with Gasteiger partial charge in [0.15, 0.2) is 0 Å². The Balaban J connectivity index is 2.33. The van der Waals surface area contributed by atoms with E-state index < -0.39 is 0 Å². The van der Waals surface area contributed by atoms with Crippen LogP contribution in [-0.4, -0.2) is 23.5 Å². The second-order valence-electron chi connectivity index (χ2n) is 4.08. The molecule has 1 saturated heterocycles. The van der Waals surface area contributed by atoms with Crippen LogP contribution in [0.5, 0.6) is 0 Å². The molecule has 1 aliphatic heterocycles. The van der Waals surface area contributed by atoms with Crippen molar-refractivity contribution in [3.63, 3.8) is 0 Å². The Labute approximate surface area is 96.0 Å². The average Bonchev–Trinajstić information content (AvgIpc) is 2.73. The minimum absolute atomic E-state index is 0.402. The highest BCUT2D eigenvalue weighted by Crippen LogP contribution is 2.31. The summed E-state index contributed by atoms with van der Waals surface area (Å²) in [6, 6.07) is 6.35. The number of nitrogens with zero attached hydrogens (tertiary/aromatic N) is 3. The van der Waals surface area contributed by atoms with Gasteiger partial charge >= 0.3 is 0 Å². The van der Waals surface area contributed by atoms with E-state index in [2.05, 4.69) is 16.9 Å². The molecule has 0 saturated carbocycles. The molecule has 3 nitrogen and oxygen atoms in total. The first-order valence-electron chi connectivity index (χ1n) is 5.54. The van der Waals surface area contributed by atoms with Gasteiger partial charge in [-0.15, -0.1) is 0 Å². The molecule has 1 atom stereocenters. The third-order valence-electron chi connectivity index (χ3n) is 3.04. The number of hydrogen-bond donors (Lipinski definition) is 0. The SMILES string of the molecule is CN1CCC[C@H]1c1ncccc1C=CC#N. The summed E-state index contributed by atoms with van der Waals surface area (Å²) in [4.78, 5) is 6.79. The summed E-state index contributed by atoms with van der Waals surface area (Å²) in [7, 11) is 2.13. The molecule has 2 heterocycles. The van der Waals surface area contributed by atoms with Crippen LogP contribution in [0, 0.1) is 11.3 Å². The quantitative estimate of drug-likeness (QED) is 0.708. The van der Waals surface area contributed by atoms with E-state index in [1.807, 2.05) is 30.5 Å². The molecule has 0 aliphatic carbocycles. The first kappa shape index (κ1) is 10.8. The van der Waals surface area contributed by atoms with Gasteiger partial charge in [-0.25, -0.2) is 0 Å². The molecule has 0 amide bonds. The van der Waals surface area contributed by atoms with Gasteiger partial charge < -0.3 is 0 Å². The van der Waals surface area contributed by atoms with Gasteiger partial charge in [-0.05, 0) is 44.1 Å². The molecule has 0 spiro atoms. The summed E-state index contributed by atoms with van der Waals surface area (Å²) < 4.78 is 0. The minimum atomic E-state index is 0.402. The van der Waals surface area contributed by atoms with Gasteiger partial charge in [0.05, 0.1) is 17.8 Å². The standard InChI is InChI=1S/C13H15N3/c1-16-10-4-7-12(16)13-11(5-2-8-14)6-3-9-15-13/h2-3,5-6,9,12H,4,7,10H2,1H3/t12-/m0/s1. The largest absolute Gasteiger partial charge is 0.298 e. The highest BCUT2D eigenvalue weighted by atomic mass is 15.2. The Morgan fingerprint density at radius 2 is 2.50 bits per heavy atom. The van der Waals surface area contributed by atoms with Crippen molar-refractivity contribution >= 4 is 6.08 Å². The lowest BCUT2D eigenvalue weighted by Crippen LogP contribution is -2.19. The normalized spacial score (nSPS) is 21.4. The second kappa shape index (κ2) is 4.91. The third kappa shape index (κ3) is 2.12. The Hall–Kier alpha value is -1.66. The lowest BCUT2D eigenvalue weighted by atomic mass is 10.0. The predicted octanol–water partition coefficient (Wildman–Crippen LogP) is 2.39.